The predicted molar refractivity (Wildman–Crippen MR) is 440 cm³/mol. The van der Waals surface area contributed by atoms with E-state index in [1.807, 2.05) is 137 Å². The van der Waals surface area contributed by atoms with Crippen molar-refractivity contribution in [3.63, 3.8) is 0 Å². The molecule has 6 heterocycles. The van der Waals surface area contributed by atoms with Crippen LogP contribution in [0.2, 0.25) is 0 Å². The van der Waals surface area contributed by atoms with Gasteiger partial charge in [-0.1, -0.05) is 236 Å². The first kappa shape index (κ1) is 82.3. The van der Waals surface area contributed by atoms with Crippen molar-refractivity contribution in [2.45, 2.75) is 71.5 Å². The van der Waals surface area contributed by atoms with E-state index in [4.69, 9.17) is 34.2 Å². The summed E-state index contributed by atoms with van der Waals surface area (Å²) in [5.41, 5.74) is 7.03. The monoisotopic (exact) mass is 1630 g/mol. The second kappa shape index (κ2) is 35.8. The van der Waals surface area contributed by atoms with Gasteiger partial charge in [-0.15, -0.1) is 0 Å². The lowest BCUT2D eigenvalue weighted by molar-refractivity contribution is -0.178. The second-order valence-electron chi connectivity index (χ2n) is 29.8. The van der Waals surface area contributed by atoms with Gasteiger partial charge in [-0.05, 0) is 104 Å². The maximum Gasteiger partial charge on any atom is 0.421 e. The van der Waals surface area contributed by atoms with E-state index in [1.54, 1.807) is 115 Å². The van der Waals surface area contributed by atoms with E-state index in [9.17, 15) is 39.6 Å². The van der Waals surface area contributed by atoms with Crippen LogP contribution in [0.3, 0.4) is 0 Å². The lowest BCUT2D eigenvalue weighted by atomic mass is 9.65. The minimum absolute atomic E-state index is 0.0197. The van der Waals surface area contributed by atoms with E-state index in [2.05, 4.69) is 27.8 Å². The van der Waals surface area contributed by atoms with E-state index in [-0.39, 0.29) is 74.5 Å². The zero-order valence-corrected chi connectivity index (χ0v) is 65.6. The van der Waals surface area contributed by atoms with Crippen LogP contribution in [0.5, 0.6) is 11.5 Å². The molecule has 27 nitrogen and oxygen atoms in total. The Morgan fingerprint density at radius 3 is 1.21 bits per heavy atom. The molecule has 0 radical (unpaired) electrons. The van der Waals surface area contributed by atoms with Gasteiger partial charge in [0, 0.05) is 32.9 Å². The number of cyclic esters (lactones) is 2. The summed E-state index contributed by atoms with van der Waals surface area (Å²) in [6.45, 7) is -0.922. The van der Waals surface area contributed by atoms with Crippen LogP contribution in [-0.2, 0) is 68.0 Å². The van der Waals surface area contributed by atoms with Gasteiger partial charge in [0.15, 0.2) is 0 Å². The van der Waals surface area contributed by atoms with Gasteiger partial charge in [-0.2, -0.15) is 0 Å². The lowest BCUT2D eigenvalue weighted by Crippen LogP contribution is -2.56. The number of aliphatic hydroxyl groups is 2. The van der Waals surface area contributed by atoms with E-state index in [1.165, 1.54) is 44.6 Å². The number of nitrogens with one attached hydrogen (secondary N) is 3. The number of hydrogen-bond acceptors (Lipinski definition) is 21. The highest BCUT2D eigenvalue weighted by Gasteiger charge is 2.78. The molecule has 6 aliphatic rings. The normalized spacial score (nSPS) is 23.5. The number of nitrogens with two attached hydrogens (primary N) is 1. The molecule has 2 spiro atoms. The number of aliphatic hydroxyl groups excluding tert-OH is 2. The molecule has 4 fully saturated rings. The number of urea groups is 1. The SMILES string of the molecule is COCCOC(=O)N1C(=O)[C@@]2(c3cc(C#CCNC(N)=O)ccc31)[C@H](c1ccc(O)cc1)N1[C@H](c3ccccc3)[C@H](c3ccccc3)OC(=O)[C@H]1[C@@H]2C(=O)NC[C@H](O)c1ccccc1.COCCOC(=O)N1C(=O)[C@@]2(c3ccccc31)[C@H](c1ccc(O)cc1)N1[C@H](c3ccccc3)[C@H](c3ccccc3)OC(=O)[C@H]1[C@@H]2C(=O)NC[C@H](O)c1ccccc1. The number of morpholine rings is 2. The molecular formula is C94H86N8O19. The molecule has 16 rings (SSSR count). The first-order chi connectivity index (χ1) is 58.8. The molecule has 6 aliphatic heterocycles. The van der Waals surface area contributed by atoms with Crippen molar-refractivity contribution in [3.05, 3.63) is 334 Å². The number of imide groups is 2. The highest BCUT2D eigenvalue weighted by atomic mass is 16.6. The Labute approximate surface area is 696 Å². The number of amides is 8. The number of fused-ring (bicyclic) bond motifs is 6. The van der Waals surface area contributed by atoms with Gasteiger partial charge in [-0.25, -0.2) is 24.2 Å². The standard InChI is InChI=1S/C49H45N5O10.C45H41N3O9/c1-62-26-27-63-48(61)53-37-24-19-30(12-11-25-51-47(50)60)28-36(37)49(46(53)59)39(44(57)52-29-38(56)31-13-5-2-6-14-31)41-45(58)64-42(33-17-9-4-10-18-33)40(32-15-7-3-8-16-32)54(41)43(49)34-20-22-35(55)23-21-34;1-55-25-26-56-44(54)47-34-20-12-11-19-33(34)45(43(47)53)36(41(51)46-27-35(50)28-13-5-2-6-14-28)38-42(52)57-39(30-17-9-4-10-18-30)37(29-15-7-3-8-16-29)48(38)40(45)31-21-23-32(49)24-22-31/h2-10,13-24,28,38-43,55-56H,25-27,29H2,1H3,(H,52,57)(H3,50,51,60);2-24,35-40,49-50H,25-27H2,1H3,(H,46,51)/t38-,39+,40+,41+,42-,43-,49+;35-,36+,37+,38+,39-,40-,45+/m00/s1. The Kier molecular flexibility index (Phi) is 24.3. The van der Waals surface area contributed by atoms with Crippen LogP contribution < -0.4 is 31.5 Å². The van der Waals surface area contributed by atoms with E-state index in [0.29, 0.717) is 50.1 Å². The Morgan fingerprint density at radius 1 is 0.438 bits per heavy atom. The Bertz CT molecular complexity index is 5540. The van der Waals surface area contributed by atoms with Gasteiger partial charge in [0.25, 0.3) is 0 Å². The molecule has 616 valence electrons. The summed E-state index contributed by atoms with van der Waals surface area (Å²) in [5, 5.41) is 51.8. The Morgan fingerprint density at radius 2 is 0.810 bits per heavy atom. The van der Waals surface area contributed by atoms with Gasteiger partial charge in [-0.3, -0.25) is 38.6 Å². The smallest absolute Gasteiger partial charge is 0.421 e. The van der Waals surface area contributed by atoms with Crippen molar-refractivity contribution in [1.82, 2.24) is 25.8 Å². The minimum Gasteiger partial charge on any atom is -0.508 e. The third-order valence-electron chi connectivity index (χ3n) is 23.1. The number of primary amides is 1. The summed E-state index contributed by atoms with van der Waals surface area (Å²) >= 11 is 0. The van der Waals surface area contributed by atoms with Gasteiger partial charge >= 0.3 is 30.2 Å². The second-order valence-corrected chi connectivity index (χ2v) is 29.8. The molecule has 14 atom stereocenters. The number of aromatic hydroxyl groups is 2. The maximum atomic E-state index is 16.1. The zero-order valence-electron chi connectivity index (χ0n) is 65.6. The number of phenolic OH excluding ortho intramolecular Hbond substituents is 2. The highest BCUT2D eigenvalue weighted by molar-refractivity contribution is 6.25. The number of carbonyl (C=O) groups is 9. The fourth-order valence-corrected chi connectivity index (χ4v) is 18.2. The minimum atomic E-state index is -2.14. The first-order valence-electron chi connectivity index (χ1n) is 39.3. The highest BCUT2D eigenvalue weighted by Crippen LogP contribution is 2.68. The van der Waals surface area contributed by atoms with Crippen molar-refractivity contribution in [1.29, 1.82) is 0 Å². The average Bonchev–Trinajstić information content (AvgIpc) is 1.50. The van der Waals surface area contributed by atoms with Crippen LogP contribution in [0.4, 0.5) is 25.8 Å². The zero-order chi connectivity index (χ0) is 84.6. The number of phenols is 2. The van der Waals surface area contributed by atoms with Gasteiger partial charge in [0.05, 0.1) is 79.3 Å². The van der Waals surface area contributed by atoms with Crippen LogP contribution in [0.1, 0.15) is 110 Å². The molecular weight excluding hydrogens is 1550 g/mol. The molecule has 0 saturated carbocycles. The topological polar surface area (TPSA) is 365 Å². The number of hydrogen-bond donors (Lipinski definition) is 8. The number of benzene rings is 10. The van der Waals surface area contributed by atoms with Crippen molar-refractivity contribution < 1.29 is 92.0 Å². The van der Waals surface area contributed by atoms with Crippen molar-refractivity contribution in [2.24, 2.45) is 17.6 Å². The summed E-state index contributed by atoms with van der Waals surface area (Å²) in [4.78, 5) is 138. The molecule has 0 aromatic heterocycles. The molecule has 27 heteroatoms. The molecule has 0 aliphatic carbocycles. The molecule has 10 aromatic carbocycles. The van der Waals surface area contributed by atoms with Crippen molar-refractivity contribution in [2.75, 3.05) is 70.1 Å². The number of anilines is 2. The molecule has 8 amide bonds. The predicted octanol–water partition coefficient (Wildman–Crippen LogP) is 10.4. The average molecular weight is 1630 g/mol. The first-order valence-corrected chi connectivity index (χ1v) is 39.3. The summed E-state index contributed by atoms with van der Waals surface area (Å²) in [7, 11) is 2.89. The van der Waals surface area contributed by atoms with Crippen molar-refractivity contribution >= 4 is 65.2 Å². The van der Waals surface area contributed by atoms with Crippen LogP contribution in [0, 0.1) is 23.7 Å². The third-order valence-corrected chi connectivity index (χ3v) is 23.1. The van der Waals surface area contributed by atoms with E-state index < -0.39 is 137 Å². The Balaban J connectivity index is 0.000000189. The summed E-state index contributed by atoms with van der Waals surface area (Å²) in [5.74, 6) is -2.16. The molecule has 9 N–H and O–H groups in total. The summed E-state index contributed by atoms with van der Waals surface area (Å²) in [6.07, 6.45) is -6.18. The number of carbonyl (C=O) groups excluding carboxylic acids is 9. The summed E-state index contributed by atoms with van der Waals surface area (Å²) < 4.78 is 34.3. The number of rotatable bonds is 21. The number of nitrogens with zero attached hydrogens (tertiary/aromatic N) is 4. The van der Waals surface area contributed by atoms with Crippen LogP contribution in [0.25, 0.3) is 0 Å². The number of ether oxygens (including phenoxy) is 6. The van der Waals surface area contributed by atoms with Crippen molar-refractivity contribution in [3.8, 4) is 23.3 Å². The summed E-state index contributed by atoms with van der Waals surface area (Å²) in [6, 6.07) is 70.8. The fourth-order valence-electron chi connectivity index (χ4n) is 18.2. The molecule has 4 saturated heterocycles. The Hall–Kier alpha value is -13.9. The molecule has 0 bridgehead atoms. The largest absolute Gasteiger partial charge is 0.508 e. The molecule has 121 heavy (non-hydrogen) atoms. The fraction of sp³-hybridized carbons (Fsp3) is 0.245. The number of methoxy groups -OCH3 is 2. The maximum absolute atomic E-state index is 16.1. The van der Waals surface area contributed by atoms with Crippen LogP contribution >= 0.6 is 0 Å². The van der Waals surface area contributed by atoms with Gasteiger partial charge < -0.3 is 70.5 Å². The van der Waals surface area contributed by atoms with E-state index >= 15 is 24.0 Å². The lowest BCUT2D eigenvalue weighted by Gasteiger charge is -2.46. The molecule has 10 aromatic rings. The molecule has 0 unspecified atom stereocenters. The quantitative estimate of drug-likeness (QED) is 0.0143. The number of esters is 2. The number of para-hydroxylation sites is 1. The van der Waals surface area contributed by atoms with E-state index in [0.717, 1.165) is 15.4 Å². The van der Waals surface area contributed by atoms with Gasteiger partial charge in [0.1, 0.15) is 59.8 Å². The van der Waals surface area contributed by atoms with Crippen LogP contribution in [0.15, 0.2) is 273 Å². The van der Waals surface area contributed by atoms with Crippen LogP contribution in [-0.4, -0.2) is 156 Å². The third kappa shape index (κ3) is 15.4. The van der Waals surface area contributed by atoms with Gasteiger partial charge in [0.2, 0.25) is 23.6 Å².